The number of carbonyl (C=O) groups excluding carboxylic acids is 2. The fraction of sp³-hybridized carbons (Fsp3) is 0.235. The first-order chi connectivity index (χ1) is 12.5. The largest absolute Gasteiger partial charge is 0.457 e. The number of nitrogens with one attached hydrogen (secondary N) is 1. The van der Waals surface area contributed by atoms with Crippen LogP contribution in [0, 0.1) is 10.1 Å². The van der Waals surface area contributed by atoms with E-state index >= 15 is 0 Å². The van der Waals surface area contributed by atoms with Gasteiger partial charge in [0.15, 0.2) is 0 Å². The van der Waals surface area contributed by atoms with Gasteiger partial charge in [0.2, 0.25) is 5.91 Å². The average Bonchev–Trinajstić information content (AvgIpc) is 3.17. The minimum atomic E-state index is -0.578. The summed E-state index contributed by atoms with van der Waals surface area (Å²) in [5.41, 5.74) is 2.10. The molecule has 0 bridgehead atoms. The summed E-state index contributed by atoms with van der Waals surface area (Å²) >= 11 is 1.04. The number of aromatic nitrogens is 1. The van der Waals surface area contributed by atoms with E-state index in [0.717, 1.165) is 35.7 Å². The molecule has 1 saturated heterocycles. The fourth-order valence-electron chi connectivity index (χ4n) is 3.34. The lowest BCUT2D eigenvalue weighted by Gasteiger charge is -2.16. The Balaban J connectivity index is 1.55. The number of pyridine rings is 1. The number of thioether (sulfide) groups is 1. The Bertz CT molecular complexity index is 932. The topological polar surface area (TPSA) is 111 Å². The van der Waals surface area contributed by atoms with E-state index < -0.39 is 10.2 Å². The Morgan fingerprint density at radius 3 is 2.77 bits per heavy atom. The average molecular weight is 371 g/mol. The molecular weight excluding hydrogens is 358 g/mol. The molecule has 2 atom stereocenters. The summed E-state index contributed by atoms with van der Waals surface area (Å²) in [7, 11) is 0. The summed E-state index contributed by atoms with van der Waals surface area (Å²) in [6, 6.07) is 8.35. The number of imide groups is 1. The molecule has 1 aromatic carbocycles. The molecule has 1 aliphatic heterocycles. The Morgan fingerprint density at radius 1 is 1.23 bits per heavy atom. The maximum Gasteiger partial charge on any atom is 0.367 e. The van der Waals surface area contributed by atoms with E-state index in [-0.39, 0.29) is 22.9 Å². The van der Waals surface area contributed by atoms with E-state index in [0.29, 0.717) is 11.5 Å². The number of fused-ring (bicyclic) bond motifs is 1. The van der Waals surface area contributed by atoms with Crippen LogP contribution in [0.25, 0.3) is 0 Å². The molecule has 0 saturated carbocycles. The van der Waals surface area contributed by atoms with E-state index in [1.807, 2.05) is 12.1 Å². The number of rotatable bonds is 4. The number of aryl methyl sites for hydroxylation is 1. The van der Waals surface area contributed by atoms with Crippen molar-refractivity contribution in [2.45, 2.75) is 24.0 Å². The molecule has 2 amide bonds. The molecule has 1 fully saturated rings. The number of amides is 2. The van der Waals surface area contributed by atoms with Crippen LogP contribution >= 0.6 is 11.8 Å². The lowest BCUT2D eigenvalue weighted by Crippen LogP contribution is -2.27. The minimum Gasteiger partial charge on any atom is -0.457 e. The number of nitro groups is 1. The third-order valence-corrected chi connectivity index (χ3v) is 5.57. The summed E-state index contributed by atoms with van der Waals surface area (Å²) in [6.07, 6.45) is 2.90. The van der Waals surface area contributed by atoms with Crippen LogP contribution < -0.4 is 10.1 Å². The standard InChI is InChI=1S/C17H13N3O5S/c21-16-15(26-17(22)19-16)13-3-1-9-7-10(2-4-12(9)13)25-11-5-6-18-14(8-11)20(23)24/h2,4-8,13,15H,1,3H2,(H,19,21,22)/t13-,15?/m1/s1. The first-order valence-corrected chi connectivity index (χ1v) is 8.82. The quantitative estimate of drug-likeness (QED) is 0.649. The first-order valence-electron chi connectivity index (χ1n) is 7.94. The normalized spacial score (nSPS) is 21.4. The van der Waals surface area contributed by atoms with Crippen LogP contribution in [0.3, 0.4) is 0 Å². The molecule has 2 aliphatic rings. The van der Waals surface area contributed by atoms with Crippen molar-refractivity contribution in [3.63, 3.8) is 0 Å². The summed E-state index contributed by atoms with van der Waals surface area (Å²) < 4.78 is 5.71. The SMILES string of the molecule is O=C1NC(=O)C([C@@H]2CCc3cc(Oc4ccnc([N+](=O)[O-])c4)ccc32)S1. The summed E-state index contributed by atoms with van der Waals surface area (Å²) in [5, 5.41) is 12.4. The molecule has 1 aliphatic carbocycles. The van der Waals surface area contributed by atoms with Crippen LogP contribution in [-0.2, 0) is 11.2 Å². The van der Waals surface area contributed by atoms with Crippen LogP contribution in [0.2, 0.25) is 0 Å². The number of ether oxygens (including phenoxy) is 1. The molecule has 2 aromatic rings. The predicted molar refractivity (Wildman–Crippen MR) is 93.4 cm³/mol. The van der Waals surface area contributed by atoms with Gasteiger partial charge in [-0.15, -0.1) is 0 Å². The Morgan fingerprint density at radius 2 is 2.04 bits per heavy atom. The van der Waals surface area contributed by atoms with Crippen molar-refractivity contribution in [2.24, 2.45) is 0 Å². The van der Waals surface area contributed by atoms with Gasteiger partial charge in [-0.2, -0.15) is 0 Å². The fourth-order valence-corrected chi connectivity index (χ4v) is 4.34. The molecule has 2 heterocycles. The molecule has 8 nitrogen and oxygen atoms in total. The number of hydrogen-bond donors (Lipinski definition) is 1. The zero-order valence-corrected chi connectivity index (χ0v) is 14.2. The smallest absolute Gasteiger partial charge is 0.367 e. The highest BCUT2D eigenvalue weighted by Gasteiger charge is 2.41. The van der Waals surface area contributed by atoms with E-state index in [9.17, 15) is 19.7 Å². The number of carbonyl (C=O) groups is 2. The van der Waals surface area contributed by atoms with Gasteiger partial charge in [0.1, 0.15) is 22.9 Å². The van der Waals surface area contributed by atoms with Crippen molar-refractivity contribution in [2.75, 3.05) is 0 Å². The second-order valence-corrected chi connectivity index (χ2v) is 7.14. The zero-order chi connectivity index (χ0) is 18.3. The molecule has 1 N–H and O–H groups in total. The Hall–Kier alpha value is -2.94. The summed E-state index contributed by atoms with van der Waals surface area (Å²) in [6.45, 7) is 0. The van der Waals surface area contributed by atoms with Crippen molar-refractivity contribution < 1.29 is 19.2 Å². The highest BCUT2D eigenvalue weighted by molar-refractivity contribution is 8.15. The van der Waals surface area contributed by atoms with Gasteiger partial charge in [-0.3, -0.25) is 14.9 Å². The maximum atomic E-state index is 11.9. The highest BCUT2D eigenvalue weighted by atomic mass is 32.2. The van der Waals surface area contributed by atoms with Gasteiger partial charge < -0.3 is 14.9 Å². The monoisotopic (exact) mass is 371 g/mol. The van der Waals surface area contributed by atoms with Gasteiger partial charge in [0, 0.05) is 12.0 Å². The second-order valence-electron chi connectivity index (χ2n) is 6.03. The van der Waals surface area contributed by atoms with E-state index in [1.54, 1.807) is 12.1 Å². The third kappa shape index (κ3) is 3.01. The number of hydrogen-bond acceptors (Lipinski definition) is 7. The lowest BCUT2D eigenvalue weighted by atomic mass is 9.97. The van der Waals surface area contributed by atoms with Gasteiger partial charge in [0.25, 0.3) is 5.24 Å². The van der Waals surface area contributed by atoms with Crippen molar-refractivity contribution >= 4 is 28.7 Å². The zero-order valence-electron chi connectivity index (χ0n) is 13.4. The Labute approximate surface area is 152 Å². The predicted octanol–water partition coefficient (Wildman–Crippen LogP) is 3.16. The van der Waals surface area contributed by atoms with Gasteiger partial charge in [-0.1, -0.05) is 17.8 Å². The molecule has 9 heteroatoms. The highest BCUT2D eigenvalue weighted by Crippen LogP contribution is 2.43. The molecule has 1 aromatic heterocycles. The number of benzene rings is 1. The molecule has 4 rings (SSSR count). The molecule has 26 heavy (non-hydrogen) atoms. The van der Waals surface area contributed by atoms with Gasteiger partial charge in [0.05, 0.1) is 6.07 Å². The van der Waals surface area contributed by atoms with E-state index in [2.05, 4.69) is 10.3 Å². The minimum absolute atomic E-state index is 0.00230. The molecule has 0 spiro atoms. The maximum absolute atomic E-state index is 11.9. The Kier molecular flexibility index (Phi) is 4.08. The molecule has 132 valence electrons. The third-order valence-electron chi connectivity index (χ3n) is 4.46. The summed E-state index contributed by atoms with van der Waals surface area (Å²) in [4.78, 5) is 37.2. The molecule has 1 unspecified atom stereocenters. The second kappa shape index (κ2) is 6.41. The van der Waals surface area contributed by atoms with Crippen LogP contribution in [0.15, 0.2) is 36.5 Å². The van der Waals surface area contributed by atoms with Crippen molar-refractivity contribution in [1.29, 1.82) is 0 Å². The van der Waals surface area contributed by atoms with E-state index in [4.69, 9.17) is 4.74 Å². The van der Waals surface area contributed by atoms with Crippen LogP contribution in [-0.4, -0.2) is 26.3 Å². The van der Waals surface area contributed by atoms with Gasteiger partial charge in [-0.05, 0) is 46.0 Å². The van der Waals surface area contributed by atoms with Crippen molar-refractivity contribution in [1.82, 2.24) is 10.3 Å². The van der Waals surface area contributed by atoms with Crippen molar-refractivity contribution in [3.05, 3.63) is 57.8 Å². The number of nitrogens with zero attached hydrogens (tertiary/aromatic N) is 2. The molecule has 0 radical (unpaired) electrons. The van der Waals surface area contributed by atoms with E-state index in [1.165, 1.54) is 12.3 Å². The van der Waals surface area contributed by atoms with Crippen LogP contribution in [0.5, 0.6) is 11.5 Å². The van der Waals surface area contributed by atoms with Crippen LogP contribution in [0.1, 0.15) is 23.5 Å². The van der Waals surface area contributed by atoms with Crippen LogP contribution in [0.4, 0.5) is 10.6 Å². The first kappa shape index (κ1) is 16.5. The molecular formula is C17H13N3O5S. The summed E-state index contributed by atoms with van der Waals surface area (Å²) in [5.74, 6) is 0.375. The van der Waals surface area contributed by atoms with Crippen molar-refractivity contribution in [3.8, 4) is 11.5 Å². The lowest BCUT2D eigenvalue weighted by molar-refractivity contribution is -0.389. The van der Waals surface area contributed by atoms with Gasteiger partial charge in [-0.25, -0.2) is 0 Å². The van der Waals surface area contributed by atoms with Gasteiger partial charge >= 0.3 is 5.82 Å².